The first kappa shape index (κ1) is 20.6. The lowest BCUT2D eigenvalue weighted by Crippen LogP contribution is -2.20. The molecule has 152 valence electrons. The highest BCUT2D eigenvalue weighted by Gasteiger charge is 2.13. The molecule has 0 aliphatic rings. The average Bonchev–Trinajstić information content (AvgIpc) is 3.18. The number of aryl methyl sites for hydroxylation is 1. The third-order valence-corrected chi connectivity index (χ3v) is 4.94. The van der Waals surface area contributed by atoms with Crippen LogP contribution in [0.3, 0.4) is 0 Å². The number of hydrogen-bond donors (Lipinski definition) is 1. The molecule has 0 atom stereocenters. The number of hydrogen-bond acceptors (Lipinski definition) is 7. The monoisotopic (exact) mass is 413 g/mol. The quantitative estimate of drug-likeness (QED) is 0.595. The molecule has 0 saturated carbocycles. The number of anilines is 1. The van der Waals surface area contributed by atoms with E-state index in [1.165, 1.54) is 0 Å². The molecule has 0 spiro atoms. The van der Waals surface area contributed by atoms with E-state index in [9.17, 15) is 4.79 Å². The van der Waals surface area contributed by atoms with Gasteiger partial charge in [0.05, 0.1) is 13.7 Å². The standard InChI is InChI=1S/C21H23N3O4S/c1-5-27-17-10-9-15(11-18(17)26-4)20-23-21(29-24-20)22-19(25)12-28-16-8-6-7-13(2)14(16)3/h6-11H,5,12H2,1-4H3,(H,22,23,24,25). The molecule has 29 heavy (non-hydrogen) atoms. The number of carbonyl (C=O) groups excluding carboxylic acids is 1. The van der Waals surface area contributed by atoms with Crippen molar-refractivity contribution in [2.45, 2.75) is 20.8 Å². The Balaban J connectivity index is 1.64. The smallest absolute Gasteiger partial charge is 0.264 e. The summed E-state index contributed by atoms with van der Waals surface area (Å²) in [6.45, 7) is 6.32. The lowest BCUT2D eigenvalue weighted by Gasteiger charge is -2.10. The zero-order valence-corrected chi connectivity index (χ0v) is 17.6. The first-order valence-corrected chi connectivity index (χ1v) is 9.93. The van der Waals surface area contributed by atoms with Crippen LogP contribution in [0.5, 0.6) is 17.2 Å². The van der Waals surface area contributed by atoms with Crippen LogP contribution in [0.25, 0.3) is 11.4 Å². The average molecular weight is 413 g/mol. The maximum absolute atomic E-state index is 12.2. The second kappa shape index (κ2) is 9.38. The van der Waals surface area contributed by atoms with Crippen molar-refractivity contribution in [1.82, 2.24) is 9.36 Å². The molecule has 8 heteroatoms. The first-order valence-electron chi connectivity index (χ1n) is 9.15. The maximum atomic E-state index is 12.2. The van der Waals surface area contributed by atoms with Crippen LogP contribution in [0.4, 0.5) is 5.13 Å². The third-order valence-electron chi connectivity index (χ3n) is 4.31. The van der Waals surface area contributed by atoms with Gasteiger partial charge in [0.25, 0.3) is 5.91 Å². The highest BCUT2D eigenvalue weighted by Crippen LogP contribution is 2.32. The number of nitrogens with one attached hydrogen (secondary N) is 1. The minimum Gasteiger partial charge on any atom is -0.493 e. The van der Waals surface area contributed by atoms with Crippen LogP contribution in [0, 0.1) is 13.8 Å². The normalized spacial score (nSPS) is 10.5. The SMILES string of the molecule is CCOc1ccc(-c2nsc(NC(=O)COc3cccc(C)c3C)n2)cc1OC. The van der Waals surface area contributed by atoms with Crippen molar-refractivity contribution in [2.75, 3.05) is 25.6 Å². The second-order valence-electron chi connectivity index (χ2n) is 6.26. The molecule has 3 rings (SSSR count). The highest BCUT2D eigenvalue weighted by atomic mass is 32.1. The van der Waals surface area contributed by atoms with Crippen molar-refractivity contribution in [3.8, 4) is 28.6 Å². The molecular formula is C21H23N3O4S. The lowest BCUT2D eigenvalue weighted by molar-refractivity contribution is -0.118. The van der Waals surface area contributed by atoms with E-state index in [1.54, 1.807) is 7.11 Å². The van der Waals surface area contributed by atoms with Gasteiger partial charge in [-0.15, -0.1) is 0 Å². The highest BCUT2D eigenvalue weighted by molar-refractivity contribution is 7.10. The van der Waals surface area contributed by atoms with Crippen LogP contribution in [0.1, 0.15) is 18.1 Å². The van der Waals surface area contributed by atoms with Crippen LogP contribution in [0.2, 0.25) is 0 Å². The van der Waals surface area contributed by atoms with Crippen LogP contribution in [-0.4, -0.2) is 35.6 Å². The van der Waals surface area contributed by atoms with Crippen LogP contribution in [0.15, 0.2) is 36.4 Å². The Bertz CT molecular complexity index is 1000. The Morgan fingerprint density at radius 3 is 2.69 bits per heavy atom. The molecule has 2 aromatic carbocycles. The molecule has 1 amide bonds. The Morgan fingerprint density at radius 1 is 1.10 bits per heavy atom. The van der Waals surface area contributed by atoms with Crippen molar-refractivity contribution < 1.29 is 19.0 Å². The van der Waals surface area contributed by atoms with E-state index in [0.29, 0.717) is 34.8 Å². The van der Waals surface area contributed by atoms with Crippen molar-refractivity contribution >= 4 is 22.6 Å². The molecule has 0 unspecified atom stereocenters. The van der Waals surface area contributed by atoms with Gasteiger partial charge in [-0.25, -0.2) is 0 Å². The van der Waals surface area contributed by atoms with E-state index in [-0.39, 0.29) is 12.5 Å². The molecule has 1 heterocycles. The molecule has 0 aliphatic heterocycles. The summed E-state index contributed by atoms with van der Waals surface area (Å²) in [6.07, 6.45) is 0. The van der Waals surface area contributed by atoms with Gasteiger partial charge in [0.2, 0.25) is 5.13 Å². The van der Waals surface area contributed by atoms with Crippen molar-refractivity contribution in [1.29, 1.82) is 0 Å². The van der Waals surface area contributed by atoms with Crippen molar-refractivity contribution in [3.05, 3.63) is 47.5 Å². The predicted molar refractivity (Wildman–Crippen MR) is 113 cm³/mol. The van der Waals surface area contributed by atoms with Gasteiger partial charge in [-0.05, 0) is 56.2 Å². The van der Waals surface area contributed by atoms with Gasteiger partial charge in [0.1, 0.15) is 5.75 Å². The third kappa shape index (κ3) is 5.03. The number of methoxy groups -OCH3 is 1. The Labute approximate surface area is 173 Å². The summed E-state index contributed by atoms with van der Waals surface area (Å²) in [7, 11) is 1.58. The summed E-state index contributed by atoms with van der Waals surface area (Å²) in [5.74, 6) is 2.16. The Morgan fingerprint density at radius 2 is 1.93 bits per heavy atom. The Kier molecular flexibility index (Phi) is 6.66. The minimum atomic E-state index is -0.294. The fourth-order valence-corrected chi connectivity index (χ4v) is 3.26. The number of rotatable bonds is 8. The summed E-state index contributed by atoms with van der Waals surface area (Å²) in [4.78, 5) is 16.6. The number of nitrogens with zero attached hydrogens (tertiary/aromatic N) is 2. The van der Waals surface area contributed by atoms with Gasteiger partial charge < -0.3 is 14.2 Å². The van der Waals surface area contributed by atoms with E-state index >= 15 is 0 Å². The zero-order chi connectivity index (χ0) is 20.8. The van der Waals surface area contributed by atoms with Gasteiger partial charge in [0.15, 0.2) is 23.9 Å². The van der Waals surface area contributed by atoms with Crippen LogP contribution < -0.4 is 19.5 Å². The van der Waals surface area contributed by atoms with E-state index in [2.05, 4.69) is 14.7 Å². The summed E-state index contributed by atoms with van der Waals surface area (Å²) in [5.41, 5.74) is 2.90. The summed E-state index contributed by atoms with van der Waals surface area (Å²) < 4.78 is 20.8. The molecule has 1 aromatic heterocycles. The minimum absolute atomic E-state index is 0.101. The maximum Gasteiger partial charge on any atom is 0.264 e. The molecule has 7 nitrogen and oxygen atoms in total. The van der Waals surface area contributed by atoms with E-state index in [0.717, 1.165) is 28.2 Å². The molecule has 0 fully saturated rings. The molecule has 3 aromatic rings. The fraction of sp³-hybridized carbons (Fsp3) is 0.286. The molecule has 0 bridgehead atoms. The predicted octanol–water partition coefficient (Wildman–Crippen LogP) is 4.25. The summed E-state index contributed by atoms with van der Waals surface area (Å²) >= 11 is 1.11. The molecule has 1 N–H and O–H groups in total. The number of ether oxygens (including phenoxy) is 3. The number of aromatic nitrogens is 2. The lowest BCUT2D eigenvalue weighted by atomic mass is 10.1. The number of carbonyl (C=O) groups is 1. The van der Waals surface area contributed by atoms with Crippen molar-refractivity contribution in [3.63, 3.8) is 0 Å². The zero-order valence-electron chi connectivity index (χ0n) is 16.8. The summed E-state index contributed by atoms with van der Waals surface area (Å²) in [6, 6.07) is 11.2. The molecule has 0 radical (unpaired) electrons. The summed E-state index contributed by atoms with van der Waals surface area (Å²) in [5, 5.41) is 3.13. The first-order chi connectivity index (χ1) is 14.0. The van der Waals surface area contributed by atoms with Gasteiger partial charge in [-0.1, -0.05) is 12.1 Å². The largest absolute Gasteiger partial charge is 0.493 e. The van der Waals surface area contributed by atoms with E-state index < -0.39 is 0 Å². The van der Waals surface area contributed by atoms with E-state index in [4.69, 9.17) is 14.2 Å². The molecule has 0 saturated heterocycles. The second-order valence-corrected chi connectivity index (χ2v) is 7.01. The Hall–Kier alpha value is -3.13. The van der Waals surface area contributed by atoms with Crippen LogP contribution in [-0.2, 0) is 4.79 Å². The fourth-order valence-electron chi connectivity index (χ4n) is 2.65. The number of benzene rings is 2. The van der Waals surface area contributed by atoms with Crippen LogP contribution >= 0.6 is 11.5 Å². The van der Waals surface area contributed by atoms with Gasteiger partial charge in [-0.2, -0.15) is 9.36 Å². The number of amides is 1. The van der Waals surface area contributed by atoms with Gasteiger partial charge in [0, 0.05) is 17.1 Å². The molecular weight excluding hydrogens is 390 g/mol. The van der Waals surface area contributed by atoms with Gasteiger partial charge in [-0.3, -0.25) is 10.1 Å². The van der Waals surface area contributed by atoms with Gasteiger partial charge >= 0.3 is 0 Å². The molecule has 0 aliphatic carbocycles. The van der Waals surface area contributed by atoms with Crippen molar-refractivity contribution in [2.24, 2.45) is 0 Å². The topological polar surface area (TPSA) is 82.6 Å². The van der Waals surface area contributed by atoms with E-state index in [1.807, 2.05) is 57.2 Å².